The lowest BCUT2D eigenvalue weighted by atomic mass is 10.1. The molecule has 1 heterocycles. The third-order valence-electron chi connectivity index (χ3n) is 4.73. The van der Waals surface area contributed by atoms with E-state index in [0.29, 0.717) is 17.9 Å². The normalized spacial score (nSPS) is 14.2. The molecule has 0 unspecified atom stereocenters. The van der Waals surface area contributed by atoms with Gasteiger partial charge in [-0.2, -0.15) is 0 Å². The Balaban J connectivity index is 1.48. The van der Waals surface area contributed by atoms with Crippen LogP contribution in [0.5, 0.6) is 11.5 Å². The summed E-state index contributed by atoms with van der Waals surface area (Å²) < 4.78 is 5.87. The molecule has 0 aliphatic carbocycles. The van der Waals surface area contributed by atoms with Crippen LogP contribution in [0.25, 0.3) is 0 Å². The van der Waals surface area contributed by atoms with E-state index in [1.165, 1.54) is 5.56 Å². The lowest BCUT2D eigenvalue weighted by Crippen LogP contribution is -2.33. The SMILES string of the molecule is C=CCON=C1CCN(Cc2ccc(Oc3ccc(C(=O)NC)cc3)cc2)CC1. The Hall–Kier alpha value is -3.12. The number of ether oxygens (including phenoxy) is 1. The highest BCUT2D eigenvalue weighted by atomic mass is 16.6. The van der Waals surface area contributed by atoms with Crippen molar-refractivity contribution >= 4 is 11.6 Å². The minimum absolute atomic E-state index is 0.110. The molecule has 152 valence electrons. The lowest BCUT2D eigenvalue weighted by molar-refractivity contribution is 0.0963. The third-order valence-corrected chi connectivity index (χ3v) is 4.73. The van der Waals surface area contributed by atoms with E-state index in [2.05, 4.69) is 34.1 Å². The topological polar surface area (TPSA) is 63.2 Å². The first-order valence-electron chi connectivity index (χ1n) is 9.78. The van der Waals surface area contributed by atoms with Crippen LogP contribution in [0, 0.1) is 0 Å². The molecule has 0 aromatic heterocycles. The van der Waals surface area contributed by atoms with E-state index >= 15 is 0 Å². The highest BCUT2D eigenvalue weighted by Gasteiger charge is 2.15. The Bertz CT molecular complexity index is 835. The molecule has 2 aromatic carbocycles. The Labute approximate surface area is 171 Å². The van der Waals surface area contributed by atoms with E-state index < -0.39 is 0 Å². The molecule has 2 aromatic rings. The molecule has 6 heteroatoms. The van der Waals surface area contributed by atoms with Crippen molar-refractivity contribution in [2.24, 2.45) is 5.16 Å². The predicted octanol–water partition coefficient (Wildman–Crippen LogP) is 3.99. The second-order valence-corrected chi connectivity index (χ2v) is 6.87. The molecule has 1 fully saturated rings. The van der Waals surface area contributed by atoms with Crippen LogP contribution in [0.4, 0.5) is 0 Å². The fraction of sp³-hybridized carbons (Fsp3) is 0.304. The van der Waals surface area contributed by atoms with Crippen molar-refractivity contribution in [3.63, 3.8) is 0 Å². The van der Waals surface area contributed by atoms with Crippen molar-refractivity contribution in [2.45, 2.75) is 19.4 Å². The molecule has 6 nitrogen and oxygen atoms in total. The van der Waals surface area contributed by atoms with Crippen molar-refractivity contribution < 1.29 is 14.4 Å². The highest BCUT2D eigenvalue weighted by molar-refractivity contribution is 5.94. The van der Waals surface area contributed by atoms with Gasteiger partial charge in [-0.1, -0.05) is 29.9 Å². The molecule has 29 heavy (non-hydrogen) atoms. The number of nitrogens with zero attached hydrogens (tertiary/aromatic N) is 2. The van der Waals surface area contributed by atoms with E-state index in [0.717, 1.165) is 43.9 Å². The number of amides is 1. The standard InChI is InChI=1S/C23H27N3O3/c1-3-16-28-25-20-12-14-26(15-13-20)17-18-4-8-21(9-5-18)29-22-10-6-19(7-11-22)23(27)24-2/h3-11H,1,12-17H2,2H3,(H,24,27). The van der Waals surface area contributed by atoms with Gasteiger partial charge >= 0.3 is 0 Å². The van der Waals surface area contributed by atoms with Crippen LogP contribution in [0.1, 0.15) is 28.8 Å². The fourth-order valence-electron chi connectivity index (χ4n) is 3.12. The zero-order chi connectivity index (χ0) is 20.5. The zero-order valence-corrected chi connectivity index (χ0v) is 16.8. The summed E-state index contributed by atoms with van der Waals surface area (Å²) in [5, 5.41) is 6.77. The smallest absolute Gasteiger partial charge is 0.251 e. The van der Waals surface area contributed by atoms with E-state index in [1.54, 1.807) is 37.4 Å². The number of nitrogens with one attached hydrogen (secondary N) is 1. The Kier molecular flexibility index (Phi) is 7.41. The molecular weight excluding hydrogens is 366 g/mol. The molecule has 0 bridgehead atoms. The molecule has 1 aliphatic rings. The number of likely N-dealkylation sites (tertiary alicyclic amines) is 1. The maximum absolute atomic E-state index is 11.6. The van der Waals surface area contributed by atoms with Gasteiger partial charge in [-0.25, -0.2) is 0 Å². The number of rotatable bonds is 8. The summed E-state index contributed by atoms with van der Waals surface area (Å²) in [6.45, 7) is 6.94. The maximum Gasteiger partial charge on any atom is 0.251 e. The van der Waals surface area contributed by atoms with E-state index in [1.807, 2.05) is 12.1 Å². The first-order chi connectivity index (χ1) is 14.2. The van der Waals surface area contributed by atoms with Gasteiger partial charge in [0.25, 0.3) is 5.91 Å². The molecule has 1 N–H and O–H groups in total. The van der Waals surface area contributed by atoms with Crippen LogP contribution in [0.3, 0.4) is 0 Å². The van der Waals surface area contributed by atoms with Gasteiger partial charge in [0, 0.05) is 45.1 Å². The van der Waals surface area contributed by atoms with Crippen LogP contribution in [-0.4, -0.2) is 43.3 Å². The minimum Gasteiger partial charge on any atom is -0.457 e. The molecule has 1 saturated heterocycles. The first kappa shape index (κ1) is 20.6. The summed E-state index contributed by atoms with van der Waals surface area (Å²) in [5.41, 5.74) is 2.97. The van der Waals surface area contributed by atoms with Gasteiger partial charge in [0.2, 0.25) is 0 Å². The largest absolute Gasteiger partial charge is 0.457 e. The Morgan fingerprint density at radius 1 is 1.10 bits per heavy atom. The van der Waals surface area contributed by atoms with E-state index in [4.69, 9.17) is 9.57 Å². The zero-order valence-electron chi connectivity index (χ0n) is 16.8. The summed E-state index contributed by atoms with van der Waals surface area (Å²) >= 11 is 0. The van der Waals surface area contributed by atoms with Gasteiger partial charge in [-0.05, 0) is 42.0 Å². The number of benzene rings is 2. The Morgan fingerprint density at radius 2 is 1.72 bits per heavy atom. The summed E-state index contributed by atoms with van der Waals surface area (Å²) in [7, 11) is 1.61. The number of piperidine rings is 1. The molecule has 1 amide bonds. The van der Waals surface area contributed by atoms with Gasteiger partial charge in [-0.15, -0.1) is 0 Å². The summed E-state index contributed by atoms with van der Waals surface area (Å²) in [5.74, 6) is 1.36. The number of hydrogen-bond acceptors (Lipinski definition) is 5. The second kappa shape index (κ2) is 10.4. The molecule has 0 spiro atoms. The molecule has 1 aliphatic heterocycles. The molecule has 0 atom stereocenters. The molecular formula is C23H27N3O3. The van der Waals surface area contributed by atoms with Crippen LogP contribution in [0.15, 0.2) is 66.3 Å². The second-order valence-electron chi connectivity index (χ2n) is 6.87. The number of carbonyl (C=O) groups excluding carboxylic acids is 1. The number of carbonyl (C=O) groups is 1. The molecule has 0 saturated carbocycles. The lowest BCUT2D eigenvalue weighted by Gasteiger charge is -2.27. The average Bonchev–Trinajstić information content (AvgIpc) is 2.76. The number of oxime groups is 1. The highest BCUT2D eigenvalue weighted by Crippen LogP contribution is 2.23. The monoisotopic (exact) mass is 393 g/mol. The Morgan fingerprint density at radius 3 is 2.31 bits per heavy atom. The number of hydrogen-bond donors (Lipinski definition) is 1. The van der Waals surface area contributed by atoms with Gasteiger partial charge in [0.15, 0.2) is 0 Å². The van der Waals surface area contributed by atoms with Crippen LogP contribution in [0.2, 0.25) is 0 Å². The van der Waals surface area contributed by atoms with Crippen LogP contribution < -0.4 is 10.1 Å². The van der Waals surface area contributed by atoms with E-state index in [-0.39, 0.29) is 5.91 Å². The summed E-state index contributed by atoms with van der Waals surface area (Å²) in [6.07, 6.45) is 3.57. The quantitative estimate of drug-likeness (QED) is 0.418. The van der Waals surface area contributed by atoms with Crippen molar-refractivity contribution in [1.82, 2.24) is 10.2 Å². The van der Waals surface area contributed by atoms with Gasteiger partial charge in [0.05, 0.1) is 5.71 Å². The van der Waals surface area contributed by atoms with Crippen LogP contribution >= 0.6 is 0 Å². The van der Waals surface area contributed by atoms with Crippen molar-refractivity contribution in [2.75, 3.05) is 26.7 Å². The molecule has 3 rings (SSSR count). The summed E-state index contributed by atoms with van der Waals surface area (Å²) in [6, 6.07) is 15.2. The molecule has 0 radical (unpaired) electrons. The fourth-order valence-corrected chi connectivity index (χ4v) is 3.12. The van der Waals surface area contributed by atoms with Crippen LogP contribution in [-0.2, 0) is 11.4 Å². The van der Waals surface area contributed by atoms with Crippen molar-refractivity contribution in [3.8, 4) is 11.5 Å². The minimum atomic E-state index is -0.110. The predicted molar refractivity (Wildman–Crippen MR) is 114 cm³/mol. The van der Waals surface area contributed by atoms with Gasteiger partial charge in [-0.3, -0.25) is 9.69 Å². The van der Waals surface area contributed by atoms with Gasteiger partial charge in [0.1, 0.15) is 18.1 Å². The van der Waals surface area contributed by atoms with E-state index in [9.17, 15) is 4.79 Å². The summed E-state index contributed by atoms with van der Waals surface area (Å²) in [4.78, 5) is 19.2. The van der Waals surface area contributed by atoms with Crippen molar-refractivity contribution in [1.29, 1.82) is 0 Å². The maximum atomic E-state index is 11.6. The van der Waals surface area contributed by atoms with Crippen molar-refractivity contribution in [3.05, 3.63) is 72.3 Å². The average molecular weight is 393 g/mol. The first-order valence-corrected chi connectivity index (χ1v) is 9.78. The van der Waals surface area contributed by atoms with Gasteiger partial charge < -0.3 is 14.9 Å². The third kappa shape index (κ3) is 6.19.